The molecule has 0 saturated carbocycles. The first-order valence-electron chi connectivity index (χ1n) is 20.5. The van der Waals surface area contributed by atoms with Crippen molar-refractivity contribution in [2.75, 3.05) is 125 Å². The summed E-state index contributed by atoms with van der Waals surface area (Å²) in [6.07, 6.45) is -0.305. The Morgan fingerprint density at radius 3 is 1.52 bits per heavy atom. The van der Waals surface area contributed by atoms with E-state index in [2.05, 4.69) is 10.6 Å². The zero-order valence-corrected chi connectivity index (χ0v) is 37.4. The first-order valence-corrected chi connectivity index (χ1v) is 21.6. The molecule has 6 N–H and O–H groups in total. The fourth-order valence-electron chi connectivity index (χ4n) is 6.51. The van der Waals surface area contributed by atoms with Gasteiger partial charge < -0.3 is 50.1 Å². The van der Waals surface area contributed by atoms with Gasteiger partial charge in [-0.05, 0) is 47.2 Å². The summed E-state index contributed by atoms with van der Waals surface area (Å²) in [7, 11) is 0. The second-order valence-electron chi connectivity index (χ2n) is 14.6. The van der Waals surface area contributed by atoms with Crippen LogP contribution in [0.25, 0.3) is 0 Å². The van der Waals surface area contributed by atoms with Crippen molar-refractivity contribution in [2.45, 2.75) is 31.7 Å². The predicted octanol–water partition coefficient (Wildman–Crippen LogP) is -1.88. The SMILES string of the molecule is O=C(O)CN1CCN(CC(=O)O)CCN(C(CCC(=O)NCCOCCOCCOCCNC(=O)c2cc(I)cc(C(=O)ON3C(=O)CCC3=O)c2)C(=O)O)CCN(CC(=O)O)CC1. The van der Waals surface area contributed by atoms with E-state index in [4.69, 9.17) is 19.0 Å². The monoisotopic (exact) mass is 1020 g/mol. The minimum atomic E-state index is -1.20. The molecule has 356 valence electrons. The first-order chi connectivity index (χ1) is 30.5. The molecule has 0 aliphatic carbocycles. The molecule has 3 rings (SSSR count). The standard InChI is InChI=1S/C39H56IN7O17/c40-29-22-27(21-28(23-29)39(60)64-47-32(49)3-4-33(47)50)37(57)42-6-16-62-18-20-63-19-17-61-15-5-41-31(48)2-1-30(38(58)59)46-13-11-44(25-35(53)54)9-7-43(24-34(51)52)8-10-45(12-14-46)26-36(55)56/h21-23,30H,1-20,24-26H2,(H,41,48)(H,42,57)(H,51,52)(H,53,54)(H,55,56)(H,58,59). The van der Waals surface area contributed by atoms with Gasteiger partial charge in [-0.1, -0.05) is 0 Å². The number of carbonyl (C=O) groups excluding carboxylic acids is 5. The zero-order chi connectivity index (χ0) is 47.0. The molecule has 2 heterocycles. The summed E-state index contributed by atoms with van der Waals surface area (Å²) in [5, 5.41) is 44.2. The molecule has 1 unspecified atom stereocenters. The number of carboxylic acids is 4. The van der Waals surface area contributed by atoms with Crippen molar-refractivity contribution in [1.29, 1.82) is 0 Å². The molecule has 2 fully saturated rings. The molecular formula is C39H56IN7O17. The zero-order valence-electron chi connectivity index (χ0n) is 35.3. The Morgan fingerprint density at radius 2 is 1.05 bits per heavy atom. The number of nitrogens with one attached hydrogen (secondary N) is 2. The number of benzene rings is 1. The molecule has 1 atom stereocenters. The number of ether oxygens (including phenoxy) is 3. The lowest BCUT2D eigenvalue weighted by atomic mass is 10.1. The van der Waals surface area contributed by atoms with Crippen molar-refractivity contribution in [2.24, 2.45) is 0 Å². The fourth-order valence-corrected chi connectivity index (χ4v) is 7.18. The number of amides is 4. The van der Waals surface area contributed by atoms with E-state index in [1.54, 1.807) is 25.7 Å². The van der Waals surface area contributed by atoms with E-state index in [0.717, 1.165) is 0 Å². The number of hydrogen-bond acceptors (Lipinski definition) is 17. The Bertz CT molecular complexity index is 1740. The van der Waals surface area contributed by atoms with Crippen LogP contribution in [0.2, 0.25) is 0 Å². The molecule has 4 amide bonds. The van der Waals surface area contributed by atoms with Crippen LogP contribution in [0.1, 0.15) is 46.4 Å². The van der Waals surface area contributed by atoms with Crippen molar-refractivity contribution in [1.82, 2.24) is 35.3 Å². The van der Waals surface area contributed by atoms with Gasteiger partial charge in [0.25, 0.3) is 17.7 Å². The summed E-state index contributed by atoms with van der Waals surface area (Å²) in [6.45, 7) is 1.73. The molecule has 0 spiro atoms. The molecule has 0 radical (unpaired) electrons. The third-order valence-electron chi connectivity index (χ3n) is 9.74. The van der Waals surface area contributed by atoms with Crippen molar-refractivity contribution in [3.05, 3.63) is 32.9 Å². The number of carbonyl (C=O) groups is 9. The molecule has 64 heavy (non-hydrogen) atoms. The molecule has 0 aromatic heterocycles. The normalized spacial score (nSPS) is 16.7. The number of hydroxylamine groups is 2. The van der Waals surface area contributed by atoms with E-state index < -0.39 is 59.5 Å². The molecule has 2 saturated heterocycles. The maximum absolute atomic E-state index is 12.7. The number of imide groups is 1. The molecule has 24 nitrogen and oxygen atoms in total. The van der Waals surface area contributed by atoms with Crippen LogP contribution in [0.15, 0.2) is 18.2 Å². The van der Waals surface area contributed by atoms with Gasteiger partial charge in [-0.15, -0.1) is 5.06 Å². The number of rotatable bonds is 26. The smallest absolute Gasteiger partial charge is 0.363 e. The van der Waals surface area contributed by atoms with Crippen LogP contribution < -0.4 is 10.6 Å². The maximum Gasteiger partial charge on any atom is 0.363 e. The highest BCUT2D eigenvalue weighted by molar-refractivity contribution is 14.1. The maximum atomic E-state index is 12.7. The highest BCUT2D eigenvalue weighted by Gasteiger charge is 2.33. The molecule has 1 aromatic carbocycles. The van der Waals surface area contributed by atoms with Gasteiger partial charge in [0.2, 0.25) is 5.91 Å². The third-order valence-corrected chi connectivity index (χ3v) is 10.4. The first kappa shape index (κ1) is 53.4. The Kier molecular flexibility index (Phi) is 24.0. The van der Waals surface area contributed by atoms with Gasteiger partial charge in [0.1, 0.15) is 6.04 Å². The van der Waals surface area contributed by atoms with E-state index in [0.29, 0.717) is 8.63 Å². The van der Waals surface area contributed by atoms with Crippen LogP contribution in [0.5, 0.6) is 0 Å². The highest BCUT2D eigenvalue weighted by atomic mass is 127. The van der Waals surface area contributed by atoms with Crippen molar-refractivity contribution in [3.8, 4) is 0 Å². The number of halogens is 1. The molecule has 2 aliphatic heterocycles. The largest absolute Gasteiger partial charge is 0.480 e. The number of hydrogen-bond donors (Lipinski definition) is 6. The quantitative estimate of drug-likeness (QED) is 0.0336. The summed E-state index contributed by atoms with van der Waals surface area (Å²) in [4.78, 5) is 120. The van der Waals surface area contributed by atoms with Crippen molar-refractivity contribution in [3.63, 3.8) is 0 Å². The Labute approximate surface area is 382 Å². The lowest BCUT2D eigenvalue weighted by Gasteiger charge is -2.35. The topological polar surface area (TPSA) is 312 Å². The number of carboxylic acid groups (broad SMARTS) is 4. The van der Waals surface area contributed by atoms with Crippen molar-refractivity contribution < 1.29 is 82.6 Å². The average molecular weight is 1020 g/mol. The minimum Gasteiger partial charge on any atom is -0.480 e. The van der Waals surface area contributed by atoms with Crippen molar-refractivity contribution >= 4 is 76.1 Å². The molecule has 1 aromatic rings. The van der Waals surface area contributed by atoms with Gasteiger partial charge in [0.15, 0.2) is 0 Å². The molecule has 25 heteroatoms. The van der Waals surface area contributed by atoms with Gasteiger partial charge in [0.05, 0.1) is 64.8 Å². The highest BCUT2D eigenvalue weighted by Crippen LogP contribution is 2.18. The van der Waals surface area contributed by atoms with Crippen LogP contribution >= 0.6 is 22.6 Å². The van der Waals surface area contributed by atoms with Crippen LogP contribution in [0, 0.1) is 3.57 Å². The summed E-state index contributed by atoms with van der Waals surface area (Å²) < 4.78 is 17.0. The van der Waals surface area contributed by atoms with E-state index in [1.165, 1.54) is 12.1 Å². The third kappa shape index (κ3) is 20.7. The van der Waals surface area contributed by atoms with Crippen LogP contribution in [-0.4, -0.2) is 229 Å². The Balaban J connectivity index is 1.31. The number of nitrogens with zero attached hydrogens (tertiary/aromatic N) is 5. The molecule has 2 aliphatic rings. The lowest BCUT2D eigenvalue weighted by molar-refractivity contribution is -0.172. The van der Waals surface area contributed by atoms with E-state index in [9.17, 15) is 63.6 Å². The van der Waals surface area contributed by atoms with Crippen LogP contribution in [0.3, 0.4) is 0 Å². The predicted molar refractivity (Wildman–Crippen MR) is 228 cm³/mol. The van der Waals surface area contributed by atoms with Gasteiger partial charge in [0, 0.05) is 93.8 Å². The second kappa shape index (κ2) is 28.8. The Hall–Kier alpha value is -4.90. The molecule has 0 bridgehead atoms. The van der Waals surface area contributed by atoms with Gasteiger partial charge >= 0.3 is 29.8 Å². The van der Waals surface area contributed by atoms with Gasteiger partial charge in [-0.3, -0.25) is 58.0 Å². The summed E-state index contributed by atoms with van der Waals surface area (Å²) in [5.74, 6) is -7.57. The summed E-state index contributed by atoms with van der Waals surface area (Å²) in [5.41, 5.74) is 0.162. The summed E-state index contributed by atoms with van der Waals surface area (Å²) >= 11 is 1.92. The van der Waals surface area contributed by atoms with Crippen LogP contribution in [-0.2, 0) is 52.6 Å². The van der Waals surface area contributed by atoms with E-state index in [-0.39, 0.29) is 162 Å². The number of aliphatic carboxylic acids is 4. The Morgan fingerprint density at radius 1 is 0.609 bits per heavy atom. The fraction of sp³-hybridized carbons (Fsp3) is 0.615. The molecular weight excluding hydrogens is 965 g/mol. The van der Waals surface area contributed by atoms with E-state index in [1.807, 2.05) is 22.6 Å². The lowest BCUT2D eigenvalue weighted by Crippen LogP contribution is -2.52. The average Bonchev–Trinajstić information content (AvgIpc) is 3.54. The second-order valence-corrected chi connectivity index (χ2v) is 15.8. The van der Waals surface area contributed by atoms with E-state index >= 15 is 0 Å². The summed E-state index contributed by atoms with van der Waals surface area (Å²) in [6, 6.07) is 3.17. The minimum absolute atomic E-state index is 0.00621. The van der Waals surface area contributed by atoms with Gasteiger partial charge in [-0.25, -0.2) is 4.79 Å². The van der Waals surface area contributed by atoms with Crippen LogP contribution in [0.4, 0.5) is 0 Å². The van der Waals surface area contributed by atoms with Gasteiger partial charge in [-0.2, -0.15) is 0 Å².